The highest BCUT2D eigenvalue weighted by atomic mass is 16.5. The minimum Gasteiger partial charge on any atom is -0.491 e. The van der Waals surface area contributed by atoms with Gasteiger partial charge in [-0.25, -0.2) is 0 Å². The van der Waals surface area contributed by atoms with E-state index in [1.807, 2.05) is 19.2 Å². The quantitative estimate of drug-likeness (QED) is 0.398. The number of hydrogen-bond acceptors (Lipinski definition) is 4. The van der Waals surface area contributed by atoms with Crippen LogP contribution >= 0.6 is 0 Å². The van der Waals surface area contributed by atoms with E-state index < -0.39 is 0 Å². The van der Waals surface area contributed by atoms with Gasteiger partial charge < -0.3 is 25.0 Å². The maximum atomic E-state index is 6.00. The number of ether oxygens (including phenoxy) is 2. The number of piperidine rings is 1. The van der Waals surface area contributed by atoms with Gasteiger partial charge in [0.2, 0.25) is 0 Å². The average molecular weight is 403 g/mol. The van der Waals surface area contributed by atoms with Crippen LogP contribution in [0, 0.1) is 5.92 Å². The van der Waals surface area contributed by atoms with Crippen molar-refractivity contribution in [3.05, 3.63) is 29.8 Å². The Bertz CT molecular complexity index is 636. The summed E-state index contributed by atoms with van der Waals surface area (Å²) in [4.78, 5) is 6.97. The van der Waals surface area contributed by atoms with Gasteiger partial charge in [0.05, 0.1) is 13.2 Å². The lowest BCUT2D eigenvalue weighted by Crippen LogP contribution is -2.49. The van der Waals surface area contributed by atoms with Gasteiger partial charge in [-0.1, -0.05) is 32.0 Å². The molecule has 1 aromatic rings. The SMILES string of the molecule is CN=C(NCCOc1ccccc1C(C)C)NC1CCN(CC2CCOC2)CC1. The molecule has 1 atom stereocenters. The molecule has 2 aliphatic rings. The monoisotopic (exact) mass is 402 g/mol. The minimum absolute atomic E-state index is 0.459. The molecule has 2 fully saturated rings. The van der Waals surface area contributed by atoms with Crippen molar-refractivity contribution in [2.24, 2.45) is 10.9 Å². The van der Waals surface area contributed by atoms with Crippen LogP contribution < -0.4 is 15.4 Å². The van der Waals surface area contributed by atoms with E-state index in [1.54, 1.807) is 0 Å². The Morgan fingerprint density at radius 1 is 1.24 bits per heavy atom. The van der Waals surface area contributed by atoms with Crippen LogP contribution in [0.1, 0.15) is 44.6 Å². The van der Waals surface area contributed by atoms with Crippen LogP contribution in [0.3, 0.4) is 0 Å². The normalized spacial score (nSPS) is 21.5. The number of nitrogens with zero attached hydrogens (tertiary/aromatic N) is 2. The van der Waals surface area contributed by atoms with Crippen molar-refractivity contribution in [3.63, 3.8) is 0 Å². The van der Waals surface area contributed by atoms with Gasteiger partial charge in [-0.2, -0.15) is 0 Å². The Labute approximate surface area is 176 Å². The standard InChI is InChI=1S/C23H38N4O2/c1-18(2)21-6-4-5-7-22(21)29-15-11-25-23(24-3)26-20-8-12-27(13-9-20)16-19-10-14-28-17-19/h4-7,18-20H,8-17H2,1-3H3,(H2,24,25,26). The van der Waals surface area contributed by atoms with E-state index in [2.05, 4.69) is 46.5 Å². The zero-order chi connectivity index (χ0) is 20.5. The van der Waals surface area contributed by atoms with E-state index >= 15 is 0 Å². The number of likely N-dealkylation sites (tertiary alicyclic amines) is 1. The second kappa shape index (κ2) is 11.4. The second-order valence-corrected chi connectivity index (χ2v) is 8.49. The van der Waals surface area contributed by atoms with Gasteiger partial charge in [0.1, 0.15) is 12.4 Å². The van der Waals surface area contributed by atoms with Gasteiger partial charge in [0.25, 0.3) is 0 Å². The van der Waals surface area contributed by atoms with Crippen molar-refractivity contribution in [1.82, 2.24) is 15.5 Å². The molecule has 3 rings (SSSR count). The first-order chi connectivity index (χ1) is 14.2. The van der Waals surface area contributed by atoms with Crippen LogP contribution in [0.4, 0.5) is 0 Å². The molecular formula is C23H38N4O2. The predicted octanol–water partition coefficient (Wildman–Crippen LogP) is 2.85. The Balaban J connectivity index is 1.34. The van der Waals surface area contributed by atoms with Crippen molar-refractivity contribution in [1.29, 1.82) is 0 Å². The zero-order valence-electron chi connectivity index (χ0n) is 18.3. The largest absolute Gasteiger partial charge is 0.491 e. The molecule has 0 bridgehead atoms. The Hall–Kier alpha value is -1.79. The summed E-state index contributed by atoms with van der Waals surface area (Å²) in [5.74, 6) is 3.04. The third kappa shape index (κ3) is 6.89. The molecular weight excluding hydrogens is 364 g/mol. The van der Waals surface area contributed by atoms with Crippen LogP contribution in [0.15, 0.2) is 29.3 Å². The molecule has 6 nitrogen and oxygen atoms in total. The highest BCUT2D eigenvalue weighted by molar-refractivity contribution is 5.79. The van der Waals surface area contributed by atoms with Crippen molar-refractivity contribution in [2.45, 2.75) is 45.1 Å². The number of nitrogens with one attached hydrogen (secondary N) is 2. The van der Waals surface area contributed by atoms with Crippen molar-refractivity contribution >= 4 is 5.96 Å². The van der Waals surface area contributed by atoms with Gasteiger partial charge >= 0.3 is 0 Å². The van der Waals surface area contributed by atoms with E-state index in [-0.39, 0.29) is 0 Å². The molecule has 29 heavy (non-hydrogen) atoms. The maximum absolute atomic E-state index is 6.00. The summed E-state index contributed by atoms with van der Waals surface area (Å²) in [7, 11) is 1.83. The molecule has 6 heteroatoms. The molecule has 2 aliphatic heterocycles. The van der Waals surface area contributed by atoms with Gasteiger partial charge in [-0.3, -0.25) is 4.99 Å². The fourth-order valence-corrected chi connectivity index (χ4v) is 4.16. The highest BCUT2D eigenvalue weighted by Crippen LogP contribution is 2.25. The van der Waals surface area contributed by atoms with Crippen LogP contribution in [0.2, 0.25) is 0 Å². The summed E-state index contributed by atoms with van der Waals surface area (Å²) in [6.45, 7) is 11.1. The topological polar surface area (TPSA) is 58.1 Å². The Morgan fingerprint density at radius 3 is 2.72 bits per heavy atom. The van der Waals surface area contributed by atoms with Crippen LogP contribution in [0.25, 0.3) is 0 Å². The van der Waals surface area contributed by atoms with Gasteiger partial charge in [-0.05, 0) is 42.7 Å². The number of rotatable bonds is 8. The first kappa shape index (κ1) is 21.9. The summed E-state index contributed by atoms with van der Waals surface area (Å²) in [5.41, 5.74) is 1.26. The lowest BCUT2D eigenvalue weighted by molar-refractivity contribution is 0.150. The third-order valence-electron chi connectivity index (χ3n) is 5.89. The molecule has 1 unspecified atom stereocenters. The van der Waals surface area contributed by atoms with Crippen LogP contribution in [-0.2, 0) is 4.74 Å². The first-order valence-electron chi connectivity index (χ1n) is 11.1. The lowest BCUT2D eigenvalue weighted by Gasteiger charge is -2.34. The highest BCUT2D eigenvalue weighted by Gasteiger charge is 2.24. The molecule has 2 N–H and O–H groups in total. The minimum atomic E-state index is 0.459. The molecule has 2 heterocycles. The summed E-state index contributed by atoms with van der Waals surface area (Å²) >= 11 is 0. The third-order valence-corrected chi connectivity index (χ3v) is 5.89. The van der Waals surface area contributed by atoms with E-state index in [9.17, 15) is 0 Å². The van der Waals surface area contributed by atoms with Crippen molar-refractivity contribution < 1.29 is 9.47 Å². The zero-order valence-corrected chi connectivity index (χ0v) is 18.3. The van der Waals surface area contributed by atoms with E-state index in [0.29, 0.717) is 18.6 Å². The molecule has 0 aromatic heterocycles. The molecule has 2 saturated heterocycles. The van der Waals surface area contributed by atoms with E-state index in [0.717, 1.165) is 63.3 Å². The fraction of sp³-hybridized carbons (Fsp3) is 0.696. The van der Waals surface area contributed by atoms with Gasteiger partial charge in [0, 0.05) is 39.3 Å². The van der Waals surface area contributed by atoms with E-state index in [1.165, 1.54) is 18.5 Å². The predicted molar refractivity (Wildman–Crippen MR) is 119 cm³/mol. The molecule has 0 aliphatic carbocycles. The molecule has 0 saturated carbocycles. The van der Waals surface area contributed by atoms with Crippen molar-refractivity contribution in [2.75, 3.05) is 53.0 Å². The first-order valence-corrected chi connectivity index (χ1v) is 11.1. The summed E-state index contributed by atoms with van der Waals surface area (Å²) in [6, 6.07) is 8.77. The average Bonchev–Trinajstić information content (AvgIpc) is 3.25. The number of hydrogen-bond donors (Lipinski definition) is 2. The van der Waals surface area contributed by atoms with Crippen molar-refractivity contribution in [3.8, 4) is 5.75 Å². The molecule has 0 spiro atoms. The molecule has 162 valence electrons. The molecule has 1 aromatic carbocycles. The second-order valence-electron chi connectivity index (χ2n) is 8.49. The maximum Gasteiger partial charge on any atom is 0.191 e. The Kier molecular flexibility index (Phi) is 8.62. The number of guanidine groups is 1. The molecule has 0 radical (unpaired) electrons. The smallest absolute Gasteiger partial charge is 0.191 e. The number of benzene rings is 1. The summed E-state index contributed by atoms with van der Waals surface area (Å²) < 4.78 is 11.5. The van der Waals surface area contributed by atoms with Crippen LogP contribution in [0.5, 0.6) is 5.75 Å². The summed E-state index contributed by atoms with van der Waals surface area (Å²) in [5, 5.41) is 6.97. The lowest BCUT2D eigenvalue weighted by atomic mass is 10.0. The van der Waals surface area contributed by atoms with Gasteiger partial charge in [-0.15, -0.1) is 0 Å². The molecule has 0 amide bonds. The number of aliphatic imine (C=N–C) groups is 1. The summed E-state index contributed by atoms with van der Waals surface area (Å²) in [6.07, 6.45) is 3.54. The van der Waals surface area contributed by atoms with Gasteiger partial charge in [0.15, 0.2) is 5.96 Å². The number of para-hydroxylation sites is 1. The fourth-order valence-electron chi connectivity index (χ4n) is 4.16. The van der Waals surface area contributed by atoms with E-state index in [4.69, 9.17) is 9.47 Å². The van der Waals surface area contributed by atoms with Crippen LogP contribution in [-0.4, -0.2) is 69.9 Å². The Morgan fingerprint density at radius 2 is 2.03 bits per heavy atom.